The summed E-state index contributed by atoms with van der Waals surface area (Å²) in [6.07, 6.45) is 2.11. The molecule has 2 heterocycles. The lowest BCUT2D eigenvalue weighted by molar-refractivity contribution is -0.118. The minimum atomic E-state index is -0.00870. The molecule has 0 radical (unpaired) electrons. The molecule has 4 heteroatoms. The van der Waals surface area contributed by atoms with Gasteiger partial charge >= 0.3 is 0 Å². The van der Waals surface area contributed by atoms with Crippen LogP contribution in [0.1, 0.15) is 27.9 Å². The molecule has 0 bridgehead atoms. The van der Waals surface area contributed by atoms with Crippen LogP contribution in [0.25, 0.3) is 0 Å². The number of hydrogen-bond acceptors (Lipinski definition) is 2. The third-order valence-electron chi connectivity index (χ3n) is 4.75. The first-order valence-corrected chi connectivity index (χ1v) is 7.94. The highest BCUT2D eigenvalue weighted by Crippen LogP contribution is 2.37. The maximum atomic E-state index is 12.8. The van der Waals surface area contributed by atoms with E-state index in [1.165, 1.54) is 0 Å². The normalized spacial score (nSPS) is 15.5. The van der Waals surface area contributed by atoms with E-state index in [9.17, 15) is 9.59 Å². The first-order valence-electron chi connectivity index (χ1n) is 7.94. The van der Waals surface area contributed by atoms with E-state index >= 15 is 0 Å². The van der Waals surface area contributed by atoms with Crippen LogP contribution in [0.15, 0.2) is 42.5 Å². The van der Waals surface area contributed by atoms with E-state index in [0.29, 0.717) is 12.0 Å². The fraction of sp³-hybridized carbons (Fsp3) is 0.263. The van der Waals surface area contributed by atoms with Crippen molar-refractivity contribution in [2.24, 2.45) is 0 Å². The van der Waals surface area contributed by atoms with Crippen molar-refractivity contribution in [3.05, 3.63) is 59.2 Å². The first kappa shape index (κ1) is 14.0. The Bertz CT molecular complexity index is 799. The Labute approximate surface area is 135 Å². The Kier molecular flexibility index (Phi) is 3.18. The van der Waals surface area contributed by atoms with Crippen LogP contribution < -0.4 is 9.80 Å². The maximum Gasteiger partial charge on any atom is 0.258 e. The number of rotatable bonds is 2. The Hall–Kier alpha value is -2.62. The number of nitrogens with zero attached hydrogens (tertiary/aromatic N) is 2. The molecule has 0 unspecified atom stereocenters. The van der Waals surface area contributed by atoms with Gasteiger partial charge in [0.1, 0.15) is 0 Å². The molecular formula is C19H18N2O2. The molecule has 0 atom stereocenters. The lowest BCUT2D eigenvalue weighted by Gasteiger charge is -2.26. The number of benzene rings is 2. The third kappa shape index (κ3) is 2.22. The van der Waals surface area contributed by atoms with Crippen molar-refractivity contribution in [1.29, 1.82) is 0 Å². The Balaban J connectivity index is 1.71. The number of carbonyl (C=O) groups is 2. The van der Waals surface area contributed by atoms with Gasteiger partial charge in [0.05, 0.1) is 5.69 Å². The summed E-state index contributed by atoms with van der Waals surface area (Å²) in [5, 5.41) is 0. The maximum absolute atomic E-state index is 12.8. The average molecular weight is 306 g/mol. The van der Waals surface area contributed by atoms with Crippen molar-refractivity contribution >= 4 is 23.2 Å². The zero-order valence-corrected chi connectivity index (χ0v) is 13.1. The Morgan fingerprint density at radius 2 is 1.74 bits per heavy atom. The minimum absolute atomic E-state index is 0.00870. The fourth-order valence-electron chi connectivity index (χ4n) is 3.54. The predicted molar refractivity (Wildman–Crippen MR) is 90.0 cm³/mol. The molecule has 23 heavy (non-hydrogen) atoms. The van der Waals surface area contributed by atoms with Crippen molar-refractivity contribution < 1.29 is 9.59 Å². The first-order chi connectivity index (χ1) is 11.1. The van der Waals surface area contributed by atoms with Gasteiger partial charge in [0.25, 0.3) is 5.91 Å². The van der Waals surface area contributed by atoms with Crippen molar-refractivity contribution in [1.82, 2.24) is 0 Å². The van der Waals surface area contributed by atoms with Gasteiger partial charge in [-0.1, -0.05) is 18.2 Å². The van der Waals surface area contributed by atoms with Gasteiger partial charge < -0.3 is 9.80 Å². The molecule has 0 saturated heterocycles. The molecule has 116 valence electrons. The smallest absolute Gasteiger partial charge is 0.258 e. The van der Waals surface area contributed by atoms with E-state index in [2.05, 4.69) is 0 Å². The molecule has 2 aromatic rings. The van der Waals surface area contributed by atoms with Gasteiger partial charge in [0.2, 0.25) is 5.91 Å². The molecule has 2 aliphatic heterocycles. The molecule has 4 nitrogen and oxygen atoms in total. The monoisotopic (exact) mass is 306 g/mol. The van der Waals surface area contributed by atoms with Crippen molar-refractivity contribution in [2.45, 2.75) is 19.3 Å². The van der Waals surface area contributed by atoms with Crippen LogP contribution in [-0.2, 0) is 17.6 Å². The topological polar surface area (TPSA) is 40.6 Å². The number of aryl methyl sites for hydroxylation is 1. The van der Waals surface area contributed by atoms with Crippen LogP contribution in [0.4, 0.5) is 11.4 Å². The molecule has 2 aliphatic rings. The van der Waals surface area contributed by atoms with Gasteiger partial charge in [0, 0.05) is 31.3 Å². The van der Waals surface area contributed by atoms with Crippen molar-refractivity contribution in [2.75, 3.05) is 23.4 Å². The van der Waals surface area contributed by atoms with E-state index in [4.69, 9.17) is 0 Å². The highest BCUT2D eigenvalue weighted by Gasteiger charge is 2.32. The van der Waals surface area contributed by atoms with Crippen LogP contribution in [-0.4, -0.2) is 25.4 Å². The second-order valence-electron chi connectivity index (χ2n) is 6.14. The van der Waals surface area contributed by atoms with Gasteiger partial charge in [0.15, 0.2) is 0 Å². The lowest BCUT2D eigenvalue weighted by atomic mass is 9.96. The van der Waals surface area contributed by atoms with E-state index in [1.807, 2.05) is 47.4 Å². The van der Waals surface area contributed by atoms with Gasteiger partial charge in [-0.3, -0.25) is 9.59 Å². The van der Waals surface area contributed by atoms with E-state index in [0.717, 1.165) is 41.9 Å². The predicted octanol–water partition coefficient (Wildman–Crippen LogP) is 2.80. The molecule has 0 aliphatic carbocycles. The summed E-state index contributed by atoms with van der Waals surface area (Å²) in [7, 11) is 1.80. The number of hydrogen-bond donors (Lipinski definition) is 0. The Morgan fingerprint density at radius 1 is 1.04 bits per heavy atom. The molecule has 2 aromatic carbocycles. The standard InChI is InChI=1S/C19H18N2O2/c1-20(16-5-3-2-4-6-16)19(23)15-11-13-7-8-17(22)21-10-9-14(12-15)18(13)21/h2-6,11-12H,7-10H2,1H3. The van der Waals surface area contributed by atoms with Crippen LogP contribution in [0.3, 0.4) is 0 Å². The molecule has 0 N–H and O–H groups in total. The second-order valence-corrected chi connectivity index (χ2v) is 6.14. The quantitative estimate of drug-likeness (QED) is 0.856. The minimum Gasteiger partial charge on any atom is -0.312 e. The summed E-state index contributed by atoms with van der Waals surface area (Å²) >= 11 is 0. The number of carbonyl (C=O) groups excluding carboxylic acids is 2. The molecule has 4 rings (SSSR count). The number of para-hydroxylation sites is 1. The lowest BCUT2D eigenvalue weighted by Crippen LogP contribution is -2.33. The molecule has 0 aromatic heterocycles. The van der Waals surface area contributed by atoms with Gasteiger partial charge in [-0.2, -0.15) is 0 Å². The molecule has 0 saturated carbocycles. The van der Waals surface area contributed by atoms with Crippen LogP contribution in [0.2, 0.25) is 0 Å². The average Bonchev–Trinajstić information content (AvgIpc) is 3.03. The summed E-state index contributed by atoms with van der Waals surface area (Å²) in [6.45, 7) is 0.743. The number of anilines is 2. The van der Waals surface area contributed by atoms with Gasteiger partial charge in [-0.05, 0) is 48.2 Å². The SMILES string of the molecule is CN(C(=O)c1cc2c3c(c1)CCN3C(=O)CC2)c1ccccc1. The highest BCUT2D eigenvalue weighted by molar-refractivity contribution is 6.07. The van der Waals surface area contributed by atoms with Gasteiger partial charge in [-0.15, -0.1) is 0 Å². The van der Waals surface area contributed by atoms with Crippen LogP contribution >= 0.6 is 0 Å². The summed E-state index contributed by atoms with van der Waals surface area (Å²) in [5.41, 5.74) is 4.90. The van der Waals surface area contributed by atoms with E-state index in [1.54, 1.807) is 11.9 Å². The summed E-state index contributed by atoms with van der Waals surface area (Å²) in [5.74, 6) is 0.197. The fourth-order valence-corrected chi connectivity index (χ4v) is 3.54. The summed E-state index contributed by atoms with van der Waals surface area (Å²) in [6, 6.07) is 13.6. The van der Waals surface area contributed by atoms with E-state index < -0.39 is 0 Å². The summed E-state index contributed by atoms with van der Waals surface area (Å²) in [4.78, 5) is 28.4. The second kappa shape index (κ2) is 5.23. The largest absolute Gasteiger partial charge is 0.312 e. The Morgan fingerprint density at radius 3 is 2.48 bits per heavy atom. The van der Waals surface area contributed by atoms with E-state index in [-0.39, 0.29) is 11.8 Å². The molecule has 0 spiro atoms. The molecule has 0 fully saturated rings. The van der Waals surface area contributed by atoms with Gasteiger partial charge in [-0.25, -0.2) is 0 Å². The molecule has 2 amide bonds. The number of amides is 2. The van der Waals surface area contributed by atoms with Crippen molar-refractivity contribution in [3.63, 3.8) is 0 Å². The summed E-state index contributed by atoms with van der Waals surface area (Å²) < 4.78 is 0. The third-order valence-corrected chi connectivity index (χ3v) is 4.75. The zero-order chi connectivity index (χ0) is 16.0. The van der Waals surface area contributed by atoms with Crippen molar-refractivity contribution in [3.8, 4) is 0 Å². The zero-order valence-electron chi connectivity index (χ0n) is 13.1. The molecular weight excluding hydrogens is 288 g/mol. The van der Waals surface area contributed by atoms with Crippen LogP contribution in [0, 0.1) is 0 Å². The highest BCUT2D eigenvalue weighted by atomic mass is 16.2. The van der Waals surface area contributed by atoms with Crippen LogP contribution in [0.5, 0.6) is 0 Å².